The van der Waals surface area contributed by atoms with Crippen LogP contribution in [0.2, 0.25) is 0 Å². The molecular weight excluding hydrogens is 328 g/mol. The van der Waals surface area contributed by atoms with Crippen LogP contribution in [0, 0.1) is 11.7 Å². The number of H-pyrrole nitrogens is 1. The standard InChI is InChI=1S/C16H20N4OS2/c1-10-6-9-23-13(10)15(21)19-7-4-11(5-8-19)14-17-18-16(22)20(14)12-2-3-12/h6,9,11-12H,2-5,7-8H2,1H3,(H,18,22). The number of piperidine rings is 1. The van der Waals surface area contributed by atoms with Gasteiger partial charge in [0.1, 0.15) is 5.82 Å². The van der Waals surface area contributed by atoms with Crippen molar-refractivity contribution in [1.82, 2.24) is 19.7 Å². The first-order chi connectivity index (χ1) is 11.1. The summed E-state index contributed by atoms with van der Waals surface area (Å²) in [5.74, 6) is 1.67. The lowest BCUT2D eigenvalue weighted by molar-refractivity contribution is 0.0714. The highest BCUT2D eigenvalue weighted by molar-refractivity contribution is 7.71. The molecule has 2 fully saturated rings. The second kappa shape index (κ2) is 5.87. The van der Waals surface area contributed by atoms with E-state index in [1.165, 1.54) is 24.2 Å². The summed E-state index contributed by atoms with van der Waals surface area (Å²) in [6.45, 7) is 3.60. The largest absolute Gasteiger partial charge is 0.338 e. The molecule has 0 bridgehead atoms. The molecule has 1 amide bonds. The Morgan fingerprint density at radius 3 is 2.70 bits per heavy atom. The molecule has 1 saturated heterocycles. The van der Waals surface area contributed by atoms with Crippen LogP contribution in [0.1, 0.15) is 58.7 Å². The Kier molecular flexibility index (Phi) is 3.85. The van der Waals surface area contributed by atoms with E-state index in [0.717, 1.165) is 47.0 Å². The molecule has 3 heterocycles. The number of nitrogens with one attached hydrogen (secondary N) is 1. The van der Waals surface area contributed by atoms with Crippen molar-refractivity contribution in [2.45, 2.75) is 44.6 Å². The van der Waals surface area contributed by atoms with Gasteiger partial charge in [0.05, 0.1) is 4.88 Å². The fourth-order valence-corrected chi connectivity index (χ4v) is 4.55. The maximum atomic E-state index is 12.6. The Morgan fingerprint density at radius 1 is 1.35 bits per heavy atom. The maximum Gasteiger partial charge on any atom is 0.264 e. The SMILES string of the molecule is Cc1ccsc1C(=O)N1CCC(c2n[nH]c(=S)n2C2CC2)CC1. The number of aromatic nitrogens is 3. The van der Waals surface area contributed by atoms with E-state index in [0.29, 0.717) is 12.0 Å². The third kappa shape index (κ3) is 2.76. The number of thiophene rings is 1. The van der Waals surface area contributed by atoms with Crippen LogP contribution in [0.4, 0.5) is 0 Å². The number of likely N-dealkylation sites (tertiary alicyclic amines) is 1. The highest BCUT2D eigenvalue weighted by atomic mass is 32.1. The average molecular weight is 348 g/mol. The summed E-state index contributed by atoms with van der Waals surface area (Å²) < 4.78 is 2.95. The van der Waals surface area contributed by atoms with Gasteiger partial charge in [-0.25, -0.2) is 0 Å². The van der Waals surface area contributed by atoms with Crippen molar-refractivity contribution in [2.75, 3.05) is 13.1 Å². The molecule has 7 heteroatoms. The first-order valence-electron chi connectivity index (χ1n) is 8.15. The highest BCUT2D eigenvalue weighted by Crippen LogP contribution is 2.39. The zero-order valence-electron chi connectivity index (χ0n) is 13.1. The molecule has 2 aromatic heterocycles. The van der Waals surface area contributed by atoms with Crippen molar-refractivity contribution in [3.8, 4) is 0 Å². The Labute approximate surface area is 144 Å². The molecule has 122 valence electrons. The van der Waals surface area contributed by atoms with Crippen LogP contribution in [0.3, 0.4) is 0 Å². The third-order valence-electron chi connectivity index (χ3n) is 4.85. The molecule has 4 rings (SSSR count). The van der Waals surface area contributed by atoms with Gasteiger partial charge >= 0.3 is 0 Å². The second-order valence-corrected chi connectivity index (χ2v) is 7.79. The van der Waals surface area contributed by atoms with Gasteiger partial charge in [-0.15, -0.1) is 11.3 Å². The molecule has 1 saturated carbocycles. The predicted octanol–water partition coefficient (Wildman–Crippen LogP) is 3.67. The smallest absolute Gasteiger partial charge is 0.264 e. The Hall–Kier alpha value is -1.47. The molecule has 5 nitrogen and oxygen atoms in total. The normalized spacial score (nSPS) is 19.3. The molecule has 0 spiro atoms. The minimum Gasteiger partial charge on any atom is -0.338 e. The number of hydrogen-bond acceptors (Lipinski definition) is 4. The van der Waals surface area contributed by atoms with Gasteiger partial charge in [0, 0.05) is 25.0 Å². The van der Waals surface area contributed by atoms with Crippen LogP contribution < -0.4 is 0 Å². The van der Waals surface area contributed by atoms with E-state index in [1.54, 1.807) is 0 Å². The molecular formula is C16H20N4OS2. The topological polar surface area (TPSA) is 53.9 Å². The highest BCUT2D eigenvalue weighted by Gasteiger charge is 2.33. The molecule has 0 unspecified atom stereocenters. The van der Waals surface area contributed by atoms with Crippen LogP contribution in [-0.4, -0.2) is 38.7 Å². The van der Waals surface area contributed by atoms with Gasteiger partial charge in [-0.2, -0.15) is 5.10 Å². The van der Waals surface area contributed by atoms with Crippen molar-refractivity contribution in [2.24, 2.45) is 0 Å². The van der Waals surface area contributed by atoms with Crippen LogP contribution in [0.15, 0.2) is 11.4 Å². The van der Waals surface area contributed by atoms with Crippen LogP contribution in [-0.2, 0) is 0 Å². The average Bonchev–Trinajstić information content (AvgIpc) is 3.19. The van der Waals surface area contributed by atoms with Gasteiger partial charge in [0.2, 0.25) is 0 Å². The molecule has 23 heavy (non-hydrogen) atoms. The summed E-state index contributed by atoms with van der Waals surface area (Å²) in [6, 6.07) is 2.56. The van der Waals surface area contributed by atoms with E-state index in [1.807, 2.05) is 23.3 Å². The lowest BCUT2D eigenvalue weighted by Crippen LogP contribution is -2.38. The molecule has 0 radical (unpaired) electrons. The Bertz CT molecular complexity index is 778. The molecule has 0 aromatic carbocycles. The van der Waals surface area contributed by atoms with Gasteiger partial charge in [-0.3, -0.25) is 9.89 Å². The summed E-state index contributed by atoms with van der Waals surface area (Å²) in [5, 5.41) is 9.42. The van der Waals surface area contributed by atoms with E-state index in [-0.39, 0.29) is 5.91 Å². The van der Waals surface area contributed by atoms with E-state index in [2.05, 4.69) is 14.8 Å². The van der Waals surface area contributed by atoms with Gasteiger partial charge in [0.25, 0.3) is 5.91 Å². The molecule has 0 atom stereocenters. The van der Waals surface area contributed by atoms with Crippen LogP contribution in [0.5, 0.6) is 0 Å². The fraction of sp³-hybridized carbons (Fsp3) is 0.562. The first kappa shape index (κ1) is 15.1. The summed E-state index contributed by atoms with van der Waals surface area (Å²) in [5.41, 5.74) is 1.08. The van der Waals surface area contributed by atoms with Gasteiger partial charge < -0.3 is 9.47 Å². The first-order valence-corrected chi connectivity index (χ1v) is 9.44. The zero-order chi connectivity index (χ0) is 16.0. The summed E-state index contributed by atoms with van der Waals surface area (Å²) in [4.78, 5) is 15.5. The van der Waals surface area contributed by atoms with Gasteiger partial charge in [-0.05, 0) is 61.8 Å². The Morgan fingerprint density at radius 2 is 2.09 bits per heavy atom. The minimum atomic E-state index is 0.178. The lowest BCUT2D eigenvalue weighted by atomic mass is 9.95. The number of nitrogens with zero attached hydrogens (tertiary/aromatic N) is 3. The van der Waals surface area contributed by atoms with Crippen molar-refractivity contribution in [1.29, 1.82) is 0 Å². The van der Waals surface area contributed by atoms with Crippen molar-refractivity contribution in [3.05, 3.63) is 32.5 Å². The summed E-state index contributed by atoms with van der Waals surface area (Å²) >= 11 is 6.91. The van der Waals surface area contributed by atoms with Crippen molar-refractivity contribution < 1.29 is 4.79 Å². The summed E-state index contributed by atoms with van der Waals surface area (Å²) in [6.07, 6.45) is 4.33. The van der Waals surface area contributed by atoms with Gasteiger partial charge in [0.15, 0.2) is 4.77 Å². The maximum absolute atomic E-state index is 12.6. The van der Waals surface area contributed by atoms with E-state index < -0.39 is 0 Å². The molecule has 1 aliphatic carbocycles. The van der Waals surface area contributed by atoms with E-state index >= 15 is 0 Å². The number of hydrogen-bond donors (Lipinski definition) is 1. The third-order valence-corrected chi connectivity index (χ3v) is 6.14. The number of carbonyl (C=O) groups is 1. The molecule has 2 aliphatic rings. The number of aromatic amines is 1. The lowest BCUT2D eigenvalue weighted by Gasteiger charge is -2.31. The molecule has 2 aromatic rings. The molecule has 1 N–H and O–H groups in total. The monoisotopic (exact) mass is 348 g/mol. The Balaban J connectivity index is 1.46. The molecule has 1 aliphatic heterocycles. The second-order valence-electron chi connectivity index (χ2n) is 6.49. The fourth-order valence-electron chi connectivity index (χ4n) is 3.37. The quantitative estimate of drug-likeness (QED) is 0.861. The number of carbonyl (C=O) groups excluding carboxylic acids is 1. The number of aryl methyl sites for hydroxylation is 1. The predicted molar refractivity (Wildman–Crippen MR) is 92.6 cm³/mol. The van der Waals surface area contributed by atoms with Gasteiger partial charge in [-0.1, -0.05) is 0 Å². The number of rotatable bonds is 3. The van der Waals surface area contributed by atoms with E-state index in [9.17, 15) is 4.79 Å². The minimum absolute atomic E-state index is 0.178. The van der Waals surface area contributed by atoms with Crippen molar-refractivity contribution >= 4 is 29.5 Å². The summed E-state index contributed by atoms with van der Waals surface area (Å²) in [7, 11) is 0. The zero-order valence-corrected chi connectivity index (χ0v) is 14.8. The van der Waals surface area contributed by atoms with E-state index in [4.69, 9.17) is 12.2 Å². The number of amides is 1. The van der Waals surface area contributed by atoms with Crippen LogP contribution >= 0.6 is 23.6 Å². The van der Waals surface area contributed by atoms with Crippen molar-refractivity contribution in [3.63, 3.8) is 0 Å². The van der Waals surface area contributed by atoms with Crippen LogP contribution in [0.25, 0.3) is 0 Å².